The number of rotatable bonds is 7. The molecule has 1 amide bonds. The van der Waals surface area contributed by atoms with E-state index in [1.807, 2.05) is 0 Å². The number of nitrogens with one attached hydrogen (secondary N) is 1. The van der Waals surface area contributed by atoms with Gasteiger partial charge in [-0.15, -0.1) is 13.2 Å². The number of benzene rings is 1. The lowest BCUT2D eigenvalue weighted by molar-refractivity contribution is -0.672. The van der Waals surface area contributed by atoms with Crippen molar-refractivity contribution in [3.63, 3.8) is 0 Å². The first kappa shape index (κ1) is 26.1. The van der Waals surface area contributed by atoms with Crippen molar-refractivity contribution < 1.29 is 41.8 Å². The number of nitrogens with zero attached hydrogens (tertiary/aromatic N) is 5. The van der Waals surface area contributed by atoms with Crippen LogP contribution in [0.2, 0.25) is 0 Å². The summed E-state index contributed by atoms with van der Waals surface area (Å²) in [6, 6.07) is 5.78. The minimum Gasteiger partial charge on any atom is -0.739 e. The van der Waals surface area contributed by atoms with E-state index in [0.717, 1.165) is 18.2 Å². The van der Waals surface area contributed by atoms with Gasteiger partial charge in [-0.1, -0.05) is 0 Å². The summed E-state index contributed by atoms with van der Waals surface area (Å²) in [4.78, 5) is 30.3. The Morgan fingerprint density at radius 2 is 2.00 bits per heavy atom. The second-order valence-electron chi connectivity index (χ2n) is 7.88. The fourth-order valence-electron chi connectivity index (χ4n) is 3.68. The van der Waals surface area contributed by atoms with Gasteiger partial charge in [-0.25, -0.2) is 9.71 Å². The molecule has 1 aliphatic rings. The minimum atomic E-state index is -4.97. The lowest BCUT2D eigenvalue weighted by Crippen LogP contribution is -2.44. The van der Waals surface area contributed by atoms with Crippen molar-refractivity contribution in [2.24, 2.45) is 0 Å². The summed E-state index contributed by atoms with van der Waals surface area (Å²) in [7, 11) is 0. The van der Waals surface area contributed by atoms with E-state index < -0.39 is 35.7 Å². The number of ether oxygens (including phenoxy) is 2. The molecule has 4 rings (SSSR count). The van der Waals surface area contributed by atoms with Crippen LogP contribution in [0.25, 0.3) is 11.0 Å². The first-order valence-corrected chi connectivity index (χ1v) is 11.6. The number of fused-ring (bicyclic) bond motifs is 1. The molecule has 0 saturated carbocycles. The standard InChI is InChI=1S/C21H18BrF3N6O6/c22-17-9-12(3-6-26-17)19(33)29-8-5-14(11-29)36-18(32)4-7-27-20-28-31(35)16-10-13(37-21(23,24)25)1-2-15(16)30(20)34/h1-3,6,9-10,14H,4-5,7-8,11H2,(H,27,28)/t14-/m0/s1. The summed E-state index contributed by atoms with van der Waals surface area (Å²) >= 11 is 3.21. The second-order valence-corrected chi connectivity index (χ2v) is 8.70. The van der Waals surface area contributed by atoms with Gasteiger partial charge in [-0.3, -0.25) is 14.9 Å². The molecule has 0 aliphatic carbocycles. The number of likely N-dealkylation sites (tertiary alicyclic amines) is 1. The van der Waals surface area contributed by atoms with Gasteiger partial charge in [-0.05, 0) is 40.2 Å². The average molecular weight is 587 g/mol. The van der Waals surface area contributed by atoms with E-state index in [-0.39, 0.29) is 40.5 Å². The van der Waals surface area contributed by atoms with Crippen LogP contribution in [0.15, 0.2) is 41.1 Å². The van der Waals surface area contributed by atoms with Crippen LogP contribution in [0.1, 0.15) is 23.2 Å². The van der Waals surface area contributed by atoms with Crippen molar-refractivity contribution in [1.82, 2.24) is 15.0 Å². The van der Waals surface area contributed by atoms with E-state index in [0.29, 0.717) is 23.1 Å². The molecular weight excluding hydrogens is 569 g/mol. The first-order valence-electron chi connectivity index (χ1n) is 10.8. The van der Waals surface area contributed by atoms with Gasteiger partial charge in [-0.2, -0.15) is 0 Å². The van der Waals surface area contributed by atoms with Crippen LogP contribution in [-0.2, 0) is 9.53 Å². The molecule has 1 saturated heterocycles. The summed E-state index contributed by atoms with van der Waals surface area (Å²) in [5.74, 6) is -1.95. The Morgan fingerprint density at radius 1 is 1.22 bits per heavy atom. The summed E-state index contributed by atoms with van der Waals surface area (Å²) < 4.78 is 47.1. The number of hydrogen-bond donors (Lipinski definition) is 1. The van der Waals surface area contributed by atoms with E-state index in [1.54, 1.807) is 17.0 Å². The van der Waals surface area contributed by atoms with Crippen LogP contribution in [0.4, 0.5) is 19.1 Å². The third-order valence-electron chi connectivity index (χ3n) is 5.30. The predicted molar refractivity (Wildman–Crippen MR) is 122 cm³/mol. The van der Waals surface area contributed by atoms with Crippen LogP contribution in [-0.4, -0.2) is 59.0 Å². The quantitative estimate of drug-likeness (QED) is 0.189. The minimum absolute atomic E-state index is 0.0287. The molecule has 0 bridgehead atoms. The summed E-state index contributed by atoms with van der Waals surface area (Å²) in [6.07, 6.45) is -3.69. The van der Waals surface area contributed by atoms with Gasteiger partial charge >= 0.3 is 23.8 Å². The van der Waals surface area contributed by atoms with Crippen molar-refractivity contribution in [3.05, 3.63) is 57.1 Å². The van der Waals surface area contributed by atoms with Gasteiger partial charge in [0.1, 0.15) is 16.5 Å². The van der Waals surface area contributed by atoms with Gasteiger partial charge in [0.25, 0.3) is 5.91 Å². The van der Waals surface area contributed by atoms with Crippen molar-refractivity contribution in [2.45, 2.75) is 25.3 Å². The van der Waals surface area contributed by atoms with Gasteiger partial charge in [0.15, 0.2) is 5.52 Å². The maximum atomic E-state index is 12.6. The molecule has 2 aromatic heterocycles. The van der Waals surface area contributed by atoms with Crippen molar-refractivity contribution >= 4 is 44.8 Å². The Kier molecular flexibility index (Phi) is 7.47. The molecule has 196 valence electrons. The number of esters is 1. The lowest BCUT2D eigenvalue weighted by Gasteiger charge is -2.17. The fourth-order valence-corrected chi connectivity index (χ4v) is 4.04. The molecule has 0 spiro atoms. The molecule has 3 aromatic rings. The highest BCUT2D eigenvalue weighted by atomic mass is 79.9. The summed E-state index contributed by atoms with van der Waals surface area (Å²) in [6.45, 7) is 0.515. The molecule has 1 atom stereocenters. The number of aromatic nitrogens is 4. The van der Waals surface area contributed by atoms with Crippen LogP contribution in [0.3, 0.4) is 0 Å². The predicted octanol–water partition coefficient (Wildman–Crippen LogP) is 1.82. The lowest BCUT2D eigenvalue weighted by atomic mass is 10.2. The van der Waals surface area contributed by atoms with Crippen LogP contribution < -0.4 is 19.6 Å². The zero-order valence-electron chi connectivity index (χ0n) is 18.8. The maximum absolute atomic E-state index is 12.6. The molecule has 0 radical (unpaired) electrons. The number of anilines is 1. The topological polar surface area (TPSA) is 148 Å². The number of carbonyl (C=O) groups is 2. The van der Waals surface area contributed by atoms with Gasteiger partial charge in [0.2, 0.25) is 5.10 Å². The number of halogens is 4. The van der Waals surface area contributed by atoms with E-state index in [2.05, 4.69) is 36.1 Å². The molecule has 1 fully saturated rings. The molecule has 0 unspecified atom stereocenters. The summed E-state index contributed by atoms with van der Waals surface area (Å²) in [5, 5.41) is 30.6. The third-order valence-corrected chi connectivity index (χ3v) is 5.73. The third kappa shape index (κ3) is 6.44. The fraction of sp³-hybridized carbons (Fsp3) is 0.333. The number of carbonyl (C=O) groups excluding carboxylic acids is 2. The Bertz CT molecular complexity index is 1340. The Balaban J connectivity index is 1.30. The Labute approximate surface area is 214 Å². The zero-order chi connectivity index (χ0) is 26.7. The first-order chi connectivity index (χ1) is 17.5. The van der Waals surface area contributed by atoms with Crippen LogP contribution in [0.5, 0.6) is 5.75 Å². The second kappa shape index (κ2) is 10.6. The van der Waals surface area contributed by atoms with E-state index in [1.165, 1.54) is 6.20 Å². The molecular formula is C21H18BrF3N6O6. The monoisotopic (exact) mass is 586 g/mol. The van der Waals surface area contributed by atoms with Gasteiger partial charge in [0.05, 0.1) is 25.6 Å². The smallest absolute Gasteiger partial charge is 0.573 e. The van der Waals surface area contributed by atoms with E-state index >= 15 is 0 Å². The Hall–Kier alpha value is -3.95. The van der Waals surface area contributed by atoms with E-state index in [9.17, 15) is 33.2 Å². The molecule has 3 heterocycles. The van der Waals surface area contributed by atoms with E-state index in [4.69, 9.17) is 4.74 Å². The molecule has 12 nitrogen and oxygen atoms in total. The van der Waals surface area contributed by atoms with Gasteiger partial charge in [0, 0.05) is 29.6 Å². The Morgan fingerprint density at radius 3 is 2.73 bits per heavy atom. The van der Waals surface area contributed by atoms with Crippen molar-refractivity contribution in [2.75, 3.05) is 25.0 Å². The molecule has 1 aliphatic heterocycles. The van der Waals surface area contributed by atoms with Crippen molar-refractivity contribution in [1.29, 1.82) is 0 Å². The highest BCUT2D eigenvalue weighted by Crippen LogP contribution is 2.24. The molecule has 1 aromatic carbocycles. The molecule has 16 heteroatoms. The SMILES string of the molecule is O=C(CCNc1n[n+]([O-])c2cc(OC(F)(F)F)ccc2[n+]1[O-])O[C@H]1CCN(C(=O)c2ccnc(Br)c2)C1. The summed E-state index contributed by atoms with van der Waals surface area (Å²) in [5.41, 5.74) is -0.255. The number of hydrogen-bond acceptors (Lipinski definition) is 9. The normalized spacial score (nSPS) is 15.6. The van der Waals surface area contributed by atoms with Gasteiger partial charge < -0.3 is 24.8 Å². The highest BCUT2D eigenvalue weighted by Gasteiger charge is 2.32. The number of amides is 1. The largest absolute Gasteiger partial charge is 0.739 e. The number of alkyl halides is 3. The van der Waals surface area contributed by atoms with Crippen LogP contribution >= 0.6 is 15.9 Å². The molecule has 1 N–H and O–H groups in total. The van der Waals surface area contributed by atoms with Crippen LogP contribution in [0, 0.1) is 10.4 Å². The molecule has 37 heavy (non-hydrogen) atoms. The maximum Gasteiger partial charge on any atom is 0.573 e. The average Bonchev–Trinajstić information content (AvgIpc) is 3.29. The zero-order valence-corrected chi connectivity index (χ0v) is 20.4. The van der Waals surface area contributed by atoms with Crippen molar-refractivity contribution in [3.8, 4) is 5.75 Å². The highest BCUT2D eigenvalue weighted by molar-refractivity contribution is 9.10. The number of pyridine rings is 1.